The molecule has 3 rings (SSSR count). The van der Waals surface area contributed by atoms with E-state index in [1.165, 1.54) is 16.3 Å². The molecule has 0 saturated heterocycles. The topological polar surface area (TPSA) is 34.1 Å². The quantitative estimate of drug-likeness (QED) is 0.715. The Balaban J connectivity index is 2.15. The van der Waals surface area contributed by atoms with Crippen molar-refractivity contribution in [3.63, 3.8) is 0 Å². The molecule has 0 aliphatic carbocycles. The first-order valence-electron chi connectivity index (χ1n) is 5.82. The zero-order valence-electron chi connectivity index (χ0n) is 10.3. The second-order valence-electron chi connectivity index (χ2n) is 4.47. The molecule has 0 N–H and O–H groups in total. The summed E-state index contributed by atoms with van der Waals surface area (Å²) in [5.41, 5.74) is 1.97. The average molecular weight is 288 g/mol. The van der Waals surface area contributed by atoms with E-state index in [0.29, 0.717) is 4.90 Å². The molecule has 0 atom stereocenters. The molecule has 0 radical (unpaired) electrons. The van der Waals surface area contributed by atoms with E-state index in [9.17, 15) is 8.42 Å². The predicted octanol–water partition coefficient (Wildman–Crippen LogP) is 3.97. The van der Waals surface area contributed by atoms with Crippen molar-refractivity contribution >= 4 is 31.3 Å². The Kier molecular flexibility index (Phi) is 2.92. The first-order valence-corrected chi connectivity index (χ1v) is 8.59. The Labute approximate surface area is 116 Å². The summed E-state index contributed by atoms with van der Waals surface area (Å²) in [6.07, 6.45) is 1.23. The molecule has 0 aliphatic rings. The van der Waals surface area contributed by atoms with Crippen LogP contribution in [0.1, 0.15) is 0 Å². The Morgan fingerprint density at radius 2 is 1.74 bits per heavy atom. The molecule has 0 aliphatic heterocycles. The van der Waals surface area contributed by atoms with Crippen LogP contribution in [0.5, 0.6) is 0 Å². The molecule has 19 heavy (non-hydrogen) atoms. The predicted molar refractivity (Wildman–Crippen MR) is 80.4 cm³/mol. The van der Waals surface area contributed by atoms with Crippen LogP contribution in [-0.4, -0.2) is 14.7 Å². The molecule has 4 heteroatoms. The molecular weight excluding hydrogens is 276 g/mol. The van der Waals surface area contributed by atoms with Gasteiger partial charge in [-0.15, -0.1) is 11.3 Å². The van der Waals surface area contributed by atoms with Gasteiger partial charge in [0.1, 0.15) is 0 Å². The summed E-state index contributed by atoms with van der Waals surface area (Å²) < 4.78 is 24.4. The highest BCUT2D eigenvalue weighted by Gasteiger charge is 2.08. The minimum Gasteiger partial charge on any atom is -0.224 e. The third-order valence-corrected chi connectivity index (χ3v) is 5.06. The minimum absolute atomic E-state index is 0.357. The van der Waals surface area contributed by atoms with E-state index in [2.05, 4.69) is 23.6 Å². The molecule has 2 aromatic carbocycles. The molecule has 2 nitrogen and oxygen atoms in total. The van der Waals surface area contributed by atoms with Crippen LogP contribution in [0.3, 0.4) is 0 Å². The number of fused-ring (bicyclic) bond motifs is 1. The van der Waals surface area contributed by atoms with Gasteiger partial charge in [0.05, 0.1) is 4.90 Å². The summed E-state index contributed by atoms with van der Waals surface area (Å²) in [6.45, 7) is 0. The first kappa shape index (κ1) is 12.4. The SMILES string of the molecule is CS(=O)(=O)c1cccc(-c2ccc3sccc3c2)c1. The van der Waals surface area contributed by atoms with Gasteiger partial charge < -0.3 is 0 Å². The average Bonchev–Trinajstić information content (AvgIpc) is 2.85. The van der Waals surface area contributed by atoms with Crippen molar-refractivity contribution in [2.75, 3.05) is 6.26 Å². The highest BCUT2D eigenvalue weighted by atomic mass is 32.2. The fraction of sp³-hybridized carbons (Fsp3) is 0.0667. The Morgan fingerprint density at radius 1 is 0.947 bits per heavy atom. The highest BCUT2D eigenvalue weighted by Crippen LogP contribution is 2.28. The van der Waals surface area contributed by atoms with Crippen LogP contribution in [0.15, 0.2) is 58.8 Å². The number of benzene rings is 2. The van der Waals surface area contributed by atoms with E-state index >= 15 is 0 Å². The smallest absolute Gasteiger partial charge is 0.175 e. The van der Waals surface area contributed by atoms with E-state index in [1.807, 2.05) is 12.1 Å². The molecular formula is C15H12O2S2. The molecule has 1 heterocycles. The van der Waals surface area contributed by atoms with Gasteiger partial charge in [0.25, 0.3) is 0 Å². The second kappa shape index (κ2) is 4.47. The molecule has 96 valence electrons. The van der Waals surface area contributed by atoms with Crippen LogP contribution < -0.4 is 0 Å². The van der Waals surface area contributed by atoms with E-state index in [1.54, 1.807) is 29.5 Å². The van der Waals surface area contributed by atoms with Gasteiger partial charge >= 0.3 is 0 Å². The Morgan fingerprint density at radius 3 is 2.53 bits per heavy atom. The lowest BCUT2D eigenvalue weighted by atomic mass is 10.0. The van der Waals surface area contributed by atoms with Gasteiger partial charge in [-0.05, 0) is 52.2 Å². The van der Waals surface area contributed by atoms with Gasteiger partial charge in [0.2, 0.25) is 0 Å². The van der Waals surface area contributed by atoms with Gasteiger partial charge in [0, 0.05) is 11.0 Å². The number of sulfone groups is 1. The maximum atomic E-state index is 11.6. The molecule has 0 amide bonds. The third-order valence-electron chi connectivity index (χ3n) is 3.05. The summed E-state index contributed by atoms with van der Waals surface area (Å²) in [6, 6.07) is 15.3. The van der Waals surface area contributed by atoms with Crippen molar-refractivity contribution < 1.29 is 8.42 Å². The maximum Gasteiger partial charge on any atom is 0.175 e. The Bertz CT molecular complexity index is 845. The van der Waals surface area contributed by atoms with Crippen molar-refractivity contribution in [2.24, 2.45) is 0 Å². The number of hydrogen-bond donors (Lipinski definition) is 0. The zero-order chi connectivity index (χ0) is 13.5. The van der Waals surface area contributed by atoms with Crippen LogP contribution in [-0.2, 0) is 9.84 Å². The first-order chi connectivity index (χ1) is 9.04. The fourth-order valence-corrected chi connectivity index (χ4v) is 3.49. The van der Waals surface area contributed by atoms with Crippen LogP contribution in [0.2, 0.25) is 0 Å². The lowest BCUT2D eigenvalue weighted by Crippen LogP contribution is -1.96. The fourth-order valence-electron chi connectivity index (χ4n) is 2.05. The number of thiophene rings is 1. The Hall–Kier alpha value is -1.65. The minimum atomic E-state index is -3.16. The third kappa shape index (κ3) is 2.41. The van der Waals surface area contributed by atoms with Crippen LogP contribution in [0.4, 0.5) is 0 Å². The number of rotatable bonds is 2. The normalized spacial score (nSPS) is 11.8. The summed E-state index contributed by atoms with van der Waals surface area (Å²) in [5.74, 6) is 0. The van der Waals surface area contributed by atoms with E-state index in [4.69, 9.17) is 0 Å². The van der Waals surface area contributed by atoms with Gasteiger partial charge in [0.15, 0.2) is 9.84 Å². The van der Waals surface area contributed by atoms with Crippen molar-refractivity contribution in [3.8, 4) is 11.1 Å². The van der Waals surface area contributed by atoms with Crippen LogP contribution in [0, 0.1) is 0 Å². The lowest BCUT2D eigenvalue weighted by molar-refractivity contribution is 0.602. The lowest BCUT2D eigenvalue weighted by Gasteiger charge is -2.04. The van der Waals surface area contributed by atoms with Crippen LogP contribution >= 0.6 is 11.3 Å². The molecule has 3 aromatic rings. The van der Waals surface area contributed by atoms with E-state index in [-0.39, 0.29) is 0 Å². The van der Waals surface area contributed by atoms with Gasteiger partial charge in [-0.3, -0.25) is 0 Å². The van der Waals surface area contributed by atoms with E-state index in [0.717, 1.165) is 11.1 Å². The largest absolute Gasteiger partial charge is 0.224 e. The van der Waals surface area contributed by atoms with Crippen molar-refractivity contribution in [1.29, 1.82) is 0 Å². The van der Waals surface area contributed by atoms with E-state index < -0.39 is 9.84 Å². The standard InChI is InChI=1S/C15H12O2S2/c1-19(16,17)14-4-2-3-11(10-14)12-5-6-15-13(9-12)7-8-18-15/h2-10H,1H3. The molecule has 0 unspecified atom stereocenters. The zero-order valence-corrected chi connectivity index (χ0v) is 12.0. The molecule has 0 saturated carbocycles. The molecule has 0 bridgehead atoms. The molecule has 0 fully saturated rings. The van der Waals surface area contributed by atoms with Crippen molar-refractivity contribution in [3.05, 3.63) is 53.9 Å². The summed E-state index contributed by atoms with van der Waals surface area (Å²) in [4.78, 5) is 0.357. The van der Waals surface area contributed by atoms with Gasteiger partial charge in [-0.2, -0.15) is 0 Å². The summed E-state index contributed by atoms with van der Waals surface area (Å²) in [7, 11) is -3.16. The summed E-state index contributed by atoms with van der Waals surface area (Å²) >= 11 is 1.70. The molecule has 0 spiro atoms. The molecule has 1 aromatic heterocycles. The van der Waals surface area contributed by atoms with Gasteiger partial charge in [-0.1, -0.05) is 18.2 Å². The van der Waals surface area contributed by atoms with Crippen molar-refractivity contribution in [2.45, 2.75) is 4.90 Å². The number of hydrogen-bond acceptors (Lipinski definition) is 3. The summed E-state index contributed by atoms with van der Waals surface area (Å²) in [5, 5.41) is 3.24. The van der Waals surface area contributed by atoms with Gasteiger partial charge in [-0.25, -0.2) is 8.42 Å². The van der Waals surface area contributed by atoms with Crippen molar-refractivity contribution in [1.82, 2.24) is 0 Å². The highest BCUT2D eigenvalue weighted by molar-refractivity contribution is 7.90. The second-order valence-corrected chi connectivity index (χ2v) is 7.44. The van der Waals surface area contributed by atoms with Crippen LogP contribution in [0.25, 0.3) is 21.2 Å². The maximum absolute atomic E-state index is 11.6. The monoisotopic (exact) mass is 288 g/mol.